The predicted molar refractivity (Wildman–Crippen MR) is 99.6 cm³/mol. The fourth-order valence-corrected chi connectivity index (χ4v) is 4.89. The van der Waals surface area contributed by atoms with Gasteiger partial charge in [0.05, 0.1) is 10.9 Å². The number of benzene rings is 2. The third kappa shape index (κ3) is 3.37. The number of carbonyl (C=O) groups is 1. The Morgan fingerprint density at radius 3 is 2.56 bits per heavy atom. The maximum atomic E-state index is 13.8. The summed E-state index contributed by atoms with van der Waals surface area (Å²) in [5.74, 6) is 0.106. The van der Waals surface area contributed by atoms with Crippen molar-refractivity contribution in [1.82, 2.24) is 10.2 Å². The number of hydrogen-bond donors (Lipinski definition) is 1. The van der Waals surface area contributed by atoms with Gasteiger partial charge in [0, 0.05) is 37.4 Å². The van der Waals surface area contributed by atoms with Crippen LogP contribution in [0.5, 0.6) is 0 Å². The van der Waals surface area contributed by atoms with Crippen molar-refractivity contribution in [1.29, 1.82) is 0 Å². The largest absolute Gasteiger partial charge is 0.331 e. The third-order valence-electron chi connectivity index (χ3n) is 5.55. The van der Waals surface area contributed by atoms with Gasteiger partial charge in [-0.1, -0.05) is 12.1 Å². The van der Waals surface area contributed by atoms with Crippen molar-refractivity contribution in [2.45, 2.75) is 10.9 Å². The highest BCUT2D eigenvalue weighted by atomic mass is 32.2. The Morgan fingerprint density at radius 1 is 1.15 bits per heavy atom. The summed E-state index contributed by atoms with van der Waals surface area (Å²) >= 11 is 0. The molecule has 0 aliphatic carbocycles. The standard InChI is InChI=1S/C20H21FN2O3S/c1-27(25,26)17-7-5-13(6-8-17)20(24)23-12-15-10-22-11-18(15)19(23)14-3-2-4-16(21)9-14/h2-9,15,18-19,22H,10-12H2,1H3/t15-,18-,19-/m0/s1. The molecule has 0 spiro atoms. The number of carbonyl (C=O) groups excluding carboxylic acids is 1. The monoisotopic (exact) mass is 388 g/mol. The number of rotatable bonds is 3. The van der Waals surface area contributed by atoms with Crippen molar-refractivity contribution in [2.75, 3.05) is 25.9 Å². The van der Waals surface area contributed by atoms with Crippen molar-refractivity contribution >= 4 is 15.7 Å². The van der Waals surface area contributed by atoms with Gasteiger partial charge >= 0.3 is 0 Å². The van der Waals surface area contributed by atoms with Crippen molar-refractivity contribution in [2.24, 2.45) is 11.8 Å². The van der Waals surface area contributed by atoms with Gasteiger partial charge in [0.2, 0.25) is 0 Å². The molecule has 2 aromatic rings. The van der Waals surface area contributed by atoms with Crippen LogP contribution in [-0.2, 0) is 9.84 Å². The smallest absolute Gasteiger partial charge is 0.254 e. The van der Waals surface area contributed by atoms with E-state index in [1.807, 2.05) is 6.07 Å². The summed E-state index contributed by atoms with van der Waals surface area (Å²) in [5.41, 5.74) is 1.24. The van der Waals surface area contributed by atoms with Gasteiger partial charge in [0.1, 0.15) is 5.82 Å². The van der Waals surface area contributed by atoms with E-state index in [2.05, 4.69) is 5.32 Å². The number of nitrogens with zero attached hydrogens (tertiary/aromatic N) is 1. The summed E-state index contributed by atoms with van der Waals surface area (Å²) in [6.45, 7) is 2.24. The Kier molecular flexibility index (Phi) is 4.52. The van der Waals surface area contributed by atoms with Gasteiger partial charge in [-0.3, -0.25) is 4.79 Å². The second kappa shape index (κ2) is 6.73. The van der Waals surface area contributed by atoms with Crippen LogP contribution in [0.15, 0.2) is 53.4 Å². The summed E-state index contributed by atoms with van der Waals surface area (Å²) < 4.78 is 37.1. The van der Waals surface area contributed by atoms with Gasteiger partial charge in [-0.25, -0.2) is 12.8 Å². The number of hydrogen-bond acceptors (Lipinski definition) is 4. The summed E-state index contributed by atoms with van der Waals surface area (Å²) in [7, 11) is -3.31. The quantitative estimate of drug-likeness (QED) is 0.876. The molecule has 5 nitrogen and oxygen atoms in total. The lowest BCUT2D eigenvalue weighted by Gasteiger charge is -2.28. The van der Waals surface area contributed by atoms with Crippen LogP contribution in [0.25, 0.3) is 0 Å². The molecule has 27 heavy (non-hydrogen) atoms. The Bertz CT molecular complexity index is 975. The second-order valence-electron chi connectivity index (χ2n) is 7.34. The zero-order valence-electron chi connectivity index (χ0n) is 14.9. The maximum Gasteiger partial charge on any atom is 0.254 e. The van der Waals surface area contributed by atoms with E-state index in [9.17, 15) is 17.6 Å². The molecular formula is C20H21FN2O3S. The lowest BCUT2D eigenvalue weighted by atomic mass is 9.89. The second-order valence-corrected chi connectivity index (χ2v) is 9.35. The van der Waals surface area contributed by atoms with E-state index in [4.69, 9.17) is 0 Å². The van der Waals surface area contributed by atoms with E-state index in [1.54, 1.807) is 23.1 Å². The Balaban J connectivity index is 1.67. The Morgan fingerprint density at radius 2 is 1.89 bits per heavy atom. The summed E-state index contributed by atoms with van der Waals surface area (Å²) in [6.07, 6.45) is 1.14. The molecule has 1 amide bonds. The summed E-state index contributed by atoms with van der Waals surface area (Å²) in [6, 6.07) is 12.3. The molecule has 2 saturated heterocycles. The van der Waals surface area contributed by atoms with Crippen LogP contribution in [0.2, 0.25) is 0 Å². The van der Waals surface area contributed by atoms with Crippen LogP contribution in [0, 0.1) is 17.7 Å². The van der Waals surface area contributed by atoms with Gasteiger partial charge in [-0.05, 0) is 47.9 Å². The van der Waals surface area contributed by atoms with Crippen LogP contribution in [0.4, 0.5) is 4.39 Å². The molecule has 0 radical (unpaired) electrons. The van der Waals surface area contributed by atoms with Gasteiger partial charge < -0.3 is 10.2 Å². The number of nitrogens with one attached hydrogen (secondary N) is 1. The summed E-state index contributed by atoms with van der Waals surface area (Å²) in [5, 5.41) is 3.36. The molecule has 2 heterocycles. The lowest BCUT2D eigenvalue weighted by Crippen LogP contribution is -2.34. The van der Waals surface area contributed by atoms with E-state index in [-0.39, 0.29) is 28.6 Å². The van der Waals surface area contributed by atoms with E-state index in [1.165, 1.54) is 24.3 Å². The molecule has 0 saturated carbocycles. The minimum absolute atomic E-state index is 0.154. The van der Waals surface area contributed by atoms with E-state index in [0.29, 0.717) is 18.0 Å². The number of fused-ring (bicyclic) bond motifs is 1. The van der Waals surface area contributed by atoms with Gasteiger partial charge in [-0.15, -0.1) is 0 Å². The van der Waals surface area contributed by atoms with E-state index in [0.717, 1.165) is 24.9 Å². The molecular weight excluding hydrogens is 367 g/mol. The first-order chi connectivity index (χ1) is 12.8. The van der Waals surface area contributed by atoms with Crippen molar-refractivity contribution < 1.29 is 17.6 Å². The van der Waals surface area contributed by atoms with Crippen molar-refractivity contribution in [3.05, 3.63) is 65.5 Å². The number of amides is 1. The average Bonchev–Trinajstić information content (AvgIpc) is 3.21. The SMILES string of the molecule is CS(=O)(=O)c1ccc(C(=O)N2C[C@@H]3CNC[C@@H]3[C@@H]2c2cccc(F)c2)cc1. The average molecular weight is 388 g/mol. The first-order valence-electron chi connectivity index (χ1n) is 8.92. The normalized spacial score (nSPS) is 24.8. The minimum Gasteiger partial charge on any atom is -0.331 e. The number of likely N-dealkylation sites (tertiary alicyclic amines) is 1. The topological polar surface area (TPSA) is 66.5 Å². The molecule has 142 valence electrons. The zero-order valence-corrected chi connectivity index (χ0v) is 15.7. The minimum atomic E-state index is -3.31. The lowest BCUT2D eigenvalue weighted by molar-refractivity contribution is 0.0713. The van der Waals surface area contributed by atoms with Gasteiger partial charge in [0.25, 0.3) is 5.91 Å². The first kappa shape index (κ1) is 18.1. The zero-order chi connectivity index (χ0) is 19.2. The molecule has 1 N–H and O–H groups in total. The highest BCUT2D eigenvalue weighted by Gasteiger charge is 2.46. The Labute approximate surface area is 158 Å². The molecule has 4 rings (SSSR count). The van der Waals surface area contributed by atoms with Crippen LogP contribution in [0.3, 0.4) is 0 Å². The molecule has 2 aromatic carbocycles. The number of sulfone groups is 1. The molecule has 2 aliphatic heterocycles. The number of halogens is 1. The predicted octanol–water partition coefficient (Wildman–Crippen LogP) is 2.26. The van der Waals surface area contributed by atoms with Crippen molar-refractivity contribution in [3.8, 4) is 0 Å². The highest BCUT2D eigenvalue weighted by molar-refractivity contribution is 7.90. The van der Waals surface area contributed by atoms with Crippen LogP contribution in [-0.4, -0.2) is 45.1 Å². The molecule has 7 heteroatoms. The first-order valence-corrected chi connectivity index (χ1v) is 10.8. The van der Waals surface area contributed by atoms with Crippen LogP contribution < -0.4 is 5.32 Å². The molecule has 2 aliphatic rings. The maximum absolute atomic E-state index is 13.8. The fourth-order valence-electron chi connectivity index (χ4n) is 4.26. The van der Waals surface area contributed by atoms with E-state index >= 15 is 0 Å². The van der Waals surface area contributed by atoms with Crippen LogP contribution in [0.1, 0.15) is 22.0 Å². The van der Waals surface area contributed by atoms with Gasteiger partial charge in [-0.2, -0.15) is 0 Å². The van der Waals surface area contributed by atoms with E-state index < -0.39 is 9.84 Å². The van der Waals surface area contributed by atoms with Crippen molar-refractivity contribution in [3.63, 3.8) is 0 Å². The van der Waals surface area contributed by atoms with Gasteiger partial charge in [0.15, 0.2) is 9.84 Å². The molecule has 0 aromatic heterocycles. The molecule has 2 fully saturated rings. The van der Waals surface area contributed by atoms with Crippen LogP contribution >= 0.6 is 0 Å². The molecule has 0 bridgehead atoms. The molecule has 0 unspecified atom stereocenters. The summed E-state index contributed by atoms with van der Waals surface area (Å²) in [4.78, 5) is 15.2. The highest BCUT2D eigenvalue weighted by Crippen LogP contribution is 2.43. The Hall–Kier alpha value is -2.25. The fraction of sp³-hybridized carbons (Fsp3) is 0.350. The third-order valence-corrected chi connectivity index (χ3v) is 6.67. The molecule has 3 atom stereocenters.